The minimum Gasteiger partial charge on any atom is -0.476 e. The summed E-state index contributed by atoms with van der Waals surface area (Å²) in [5.74, 6) is -0.0114. The first-order valence-corrected chi connectivity index (χ1v) is 7.24. The number of amides is 1. The van der Waals surface area contributed by atoms with Crippen LogP contribution in [0.4, 0.5) is 0 Å². The van der Waals surface area contributed by atoms with Crippen LogP contribution in [0.5, 0.6) is 5.75 Å². The summed E-state index contributed by atoms with van der Waals surface area (Å²) in [7, 11) is 0. The van der Waals surface area contributed by atoms with Crippen molar-refractivity contribution in [1.82, 2.24) is 0 Å². The van der Waals surface area contributed by atoms with Crippen LogP contribution in [0.15, 0.2) is 24.3 Å². The van der Waals surface area contributed by atoms with Crippen LogP contribution in [0, 0.1) is 5.92 Å². The number of ether oxygens (including phenoxy) is 1. The highest BCUT2D eigenvalue weighted by molar-refractivity contribution is 6.04. The first kappa shape index (κ1) is 13.2. The molecular formula is C16H19NO3. The summed E-state index contributed by atoms with van der Waals surface area (Å²) in [6, 6.07) is 7.10. The molecule has 20 heavy (non-hydrogen) atoms. The maximum atomic E-state index is 12.4. The highest BCUT2D eigenvalue weighted by Crippen LogP contribution is 2.42. The van der Waals surface area contributed by atoms with Gasteiger partial charge in [0.1, 0.15) is 5.75 Å². The average Bonchev–Trinajstić information content (AvgIpc) is 2.48. The van der Waals surface area contributed by atoms with Gasteiger partial charge in [0.25, 0.3) is 5.91 Å². The van der Waals surface area contributed by atoms with E-state index in [4.69, 9.17) is 10.5 Å². The zero-order valence-corrected chi connectivity index (χ0v) is 11.4. The largest absolute Gasteiger partial charge is 0.476 e. The van der Waals surface area contributed by atoms with E-state index < -0.39 is 11.5 Å². The molecule has 1 unspecified atom stereocenters. The molecule has 3 rings (SSSR count). The maximum absolute atomic E-state index is 12.4. The third kappa shape index (κ3) is 1.99. The quantitative estimate of drug-likeness (QED) is 0.899. The SMILES string of the molecule is NC(=O)C1(C2CCCCC2)CC(=O)c2ccccc2O1. The van der Waals surface area contributed by atoms with Crippen LogP contribution in [-0.2, 0) is 4.79 Å². The number of benzene rings is 1. The predicted octanol–water partition coefficient (Wildman–Crippen LogP) is 2.46. The number of carbonyl (C=O) groups excluding carboxylic acids is 2. The van der Waals surface area contributed by atoms with Gasteiger partial charge >= 0.3 is 0 Å². The maximum Gasteiger partial charge on any atom is 0.262 e. The van der Waals surface area contributed by atoms with Crippen LogP contribution in [0.3, 0.4) is 0 Å². The summed E-state index contributed by atoms with van der Waals surface area (Å²) in [6.45, 7) is 0. The van der Waals surface area contributed by atoms with Gasteiger partial charge in [0.15, 0.2) is 11.4 Å². The number of para-hydroxylation sites is 1. The average molecular weight is 273 g/mol. The van der Waals surface area contributed by atoms with Crippen molar-refractivity contribution < 1.29 is 14.3 Å². The number of Topliss-reactive ketones (excluding diaryl/α,β-unsaturated/α-hetero) is 1. The van der Waals surface area contributed by atoms with Crippen LogP contribution < -0.4 is 10.5 Å². The Bertz CT molecular complexity index is 548. The smallest absolute Gasteiger partial charge is 0.262 e. The number of hydrogen-bond donors (Lipinski definition) is 1. The molecule has 2 N–H and O–H groups in total. The predicted molar refractivity (Wildman–Crippen MR) is 74.5 cm³/mol. The lowest BCUT2D eigenvalue weighted by Gasteiger charge is -2.42. The molecule has 4 heteroatoms. The van der Waals surface area contributed by atoms with Gasteiger partial charge in [0, 0.05) is 5.92 Å². The summed E-state index contributed by atoms with van der Waals surface area (Å²) in [6.07, 6.45) is 5.19. The Balaban J connectivity index is 2.01. The van der Waals surface area contributed by atoms with Crippen molar-refractivity contribution in [3.05, 3.63) is 29.8 Å². The molecule has 0 aromatic heterocycles. The van der Waals surface area contributed by atoms with E-state index in [0.717, 1.165) is 25.7 Å². The van der Waals surface area contributed by atoms with Crippen LogP contribution in [0.25, 0.3) is 0 Å². The minimum atomic E-state index is -1.15. The van der Waals surface area contributed by atoms with Gasteiger partial charge in [-0.05, 0) is 25.0 Å². The van der Waals surface area contributed by atoms with E-state index in [1.807, 2.05) is 6.07 Å². The molecule has 1 aromatic carbocycles. The normalized spacial score (nSPS) is 26.7. The fourth-order valence-corrected chi connectivity index (χ4v) is 3.49. The number of primary amides is 1. The van der Waals surface area contributed by atoms with Gasteiger partial charge in [-0.2, -0.15) is 0 Å². The summed E-state index contributed by atoms with van der Waals surface area (Å²) < 4.78 is 6.00. The van der Waals surface area contributed by atoms with Crippen LogP contribution in [0.1, 0.15) is 48.9 Å². The summed E-state index contributed by atoms with van der Waals surface area (Å²) in [4.78, 5) is 24.4. The van der Waals surface area contributed by atoms with Gasteiger partial charge in [0.2, 0.25) is 0 Å². The number of fused-ring (bicyclic) bond motifs is 1. The molecule has 1 heterocycles. The fraction of sp³-hybridized carbons (Fsp3) is 0.500. The summed E-state index contributed by atoms with van der Waals surface area (Å²) >= 11 is 0. The molecule has 0 saturated heterocycles. The zero-order valence-electron chi connectivity index (χ0n) is 11.4. The molecule has 0 spiro atoms. The standard InChI is InChI=1S/C16H19NO3/c17-15(19)16(11-6-2-1-3-7-11)10-13(18)12-8-4-5-9-14(12)20-16/h4-5,8-9,11H,1-3,6-7,10H2,(H2,17,19). The van der Waals surface area contributed by atoms with Gasteiger partial charge in [-0.15, -0.1) is 0 Å². The fourth-order valence-electron chi connectivity index (χ4n) is 3.49. The van der Waals surface area contributed by atoms with Gasteiger partial charge < -0.3 is 10.5 Å². The lowest BCUT2D eigenvalue weighted by molar-refractivity contribution is -0.140. The molecule has 1 saturated carbocycles. The van der Waals surface area contributed by atoms with Crippen molar-refractivity contribution in [2.75, 3.05) is 0 Å². The number of ketones is 1. The zero-order chi connectivity index (χ0) is 14.2. The summed E-state index contributed by atoms with van der Waals surface area (Å²) in [5.41, 5.74) is 5.04. The van der Waals surface area contributed by atoms with Crippen LogP contribution in [0.2, 0.25) is 0 Å². The second-order valence-corrected chi connectivity index (χ2v) is 5.79. The lowest BCUT2D eigenvalue weighted by Crippen LogP contribution is -2.58. The Morgan fingerprint density at radius 3 is 2.60 bits per heavy atom. The van der Waals surface area contributed by atoms with Crippen molar-refractivity contribution in [1.29, 1.82) is 0 Å². The minimum absolute atomic E-state index is 0.0452. The molecular weight excluding hydrogens is 254 g/mol. The number of rotatable bonds is 2. The van der Waals surface area contributed by atoms with E-state index >= 15 is 0 Å². The van der Waals surface area contributed by atoms with Gasteiger partial charge in [-0.3, -0.25) is 9.59 Å². The van der Waals surface area contributed by atoms with Crippen molar-refractivity contribution >= 4 is 11.7 Å². The lowest BCUT2D eigenvalue weighted by atomic mass is 9.72. The molecule has 1 amide bonds. The monoisotopic (exact) mass is 273 g/mol. The molecule has 2 aliphatic rings. The first-order chi connectivity index (χ1) is 9.63. The number of nitrogens with two attached hydrogens (primary N) is 1. The Labute approximate surface area is 118 Å². The van der Waals surface area contributed by atoms with Crippen LogP contribution >= 0.6 is 0 Å². The highest BCUT2D eigenvalue weighted by atomic mass is 16.5. The van der Waals surface area contributed by atoms with Crippen molar-refractivity contribution in [3.8, 4) is 5.75 Å². The molecule has 1 atom stereocenters. The third-order valence-corrected chi connectivity index (χ3v) is 4.58. The summed E-state index contributed by atoms with van der Waals surface area (Å²) in [5, 5.41) is 0. The topological polar surface area (TPSA) is 69.4 Å². The molecule has 0 radical (unpaired) electrons. The van der Waals surface area contributed by atoms with E-state index in [0.29, 0.717) is 11.3 Å². The van der Waals surface area contributed by atoms with Crippen molar-refractivity contribution in [2.45, 2.75) is 44.1 Å². The van der Waals surface area contributed by atoms with Gasteiger partial charge in [0.05, 0.1) is 12.0 Å². The number of hydrogen-bond acceptors (Lipinski definition) is 3. The van der Waals surface area contributed by atoms with Crippen LogP contribution in [-0.4, -0.2) is 17.3 Å². The van der Waals surface area contributed by atoms with Crippen molar-refractivity contribution in [2.24, 2.45) is 11.7 Å². The van der Waals surface area contributed by atoms with E-state index in [1.165, 1.54) is 6.42 Å². The number of carbonyl (C=O) groups is 2. The van der Waals surface area contributed by atoms with Gasteiger partial charge in [-0.1, -0.05) is 31.4 Å². The molecule has 1 aromatic rings. The Kier molecular flexibility index (Phi) is 3.24. The Hall–Kier alpha value is -1.84. The first-order valence-electron chi connectivity index (χ1n) is 7.24. The second-order valence-electron chi connectivity index (χ2n) is 5.79. The Morgan fingerprint density at radius 2 is 1.90 bits per heavy atom. The van der Waals surface area contributed by atoms with E-state index in [1.54, 1.807) is 18.2 Å². The van der Waals surface area contributed by atoms with E-state index in [9.17, 15) is 9.59 Å². The Morgan fingerprint density at radius 1 is 1.20 bits per heavy atom. The molecule has 1 fully saturated rings. The van der Waals surface area contributed by atoms with Crippen molar-refractivity contribution in [3.63, 3.8) is 0 Å². The molecule has 4 nitrogen and oxygen atoms in total. The molecule has 106 valence electrons. The van der Waals surface area contributed by atoms with Gasteiger partial charge in [-0.25, -0.2) is 0 Å². The van der Waals surface area contributed by atoms with E-state index in [2.05, 4.69) is 0 Å². The molecule has 1 aliphatic carbocycles. The highest BCUT2D eigenvalue weighted by Gasteiger charge is 2.51. The second kappa shape index (κ2) is 4.93. The third-order valence-electron chi connectivity index (χ3n) is 4.58. The molecule has 0 bridgehead atoms. The van der Waals surface area contributed by atoms with E-state index in [-0.39, 0.29) is 18.1 Å². The molecule has 1 aliphatic heterocycles.